The first-order valence-corrected chi connectivity index (χ1v) is 3.26. The minimum Gasteiger partial charge on any atom is -0.449 e. The average molecular weight is 153 g/mol. The first-order valence-electron chi connectivity index (χ1n) is 3.26. The highest BCUT2D eigenvalue weighted by Gasteiger charge is 1.88. The summed E-state index contributed by atoms with van der Waals surface area (Å²) < 4.78 is 4.43. The number of carbonyl (C=O) groups excluding carboxylic acids is 1. The van der Waals surface area contributed by atoms with E-state index < -0.39 is 6.09 Å². The lowest BCUT2D eigenvalue weighted by atomic mass is 10.4. The van der Waals surface area contributed by atoms with E-state index in [1.54, 1.807) is 6.08 Å². The molecule has 1 amide bonds. The van der Waals surface area contributed by atoms with Crippen molar-refractivity contribution < 1.29 is 9.53 Å². The highest BCUT2D eigenvalue weighted by Crippen LogP contribution is 1.81. The monoisotopic (exact) mass is 153 g/mol. The van der Waals surface area contributed by atoms with Crippen LogP contribution in [0.4, 0.5) is 4.79 Å². The van der Waals surface area contributed by atoms with Gasteiger partial charge in [-0.15, -0.1) is 6.58 Å². The molecular weight excluding hydrogens is 142 g/mol. The Labute approximate surface area is 66.2 Å². The van der Waals surface area contributed by atoms with Gasteiger partial charge in [-0.3, -0.25) is 0 Å². The maximum absolute atomic E-state index is 10.0. The number of ether oxygens (including phenoxy) is 1. The molecule has 0 unspecified atom stereocenters. The van der Waals surface area contributed by atoms with Gasteiger partial charge in [0.2, 0.25) is 0 Å². The van der Waals surface area contributed by atoms with Crippen LogP contribution in [-0.2, 0) is 4.74 Å². The second-order valence-corrected chi connectivity index (χ2v) is 1.76. The van der Waals surface area contributed by atoms with Crippen molar-refractivity contribution in [2.75, 3.05) is 6.61 Å². The molecule has 3 heteroatoms. The number of hydrogen-bond donors (Lipinski definition) is 1. The van der Waals surface area contributed by atoms with E-state index in [2.05, 4.69) is 23.2 Å². The van der Waals surface area contributed by atoms with Gasteiger partial charge < -0.3 is 10.5 Å². The van der Waals surface area contributed by atoms with Gasteiger partial charge in [0.15, 0.2) is 0 Å². The second-order valence-electron chi connectivity index (χ2n) is 1.76. The number of amides is 1. The summed E-state index contributed by atoms with van der Waals surface area (Å²) in [5.41, 5.74) is 4.71. The Morgan fingerprint density at radius 1 is 1.64 bits per heavy atom. The molecule has 0 aliphatic heterocycles. The molecule has 0 spiro atoms. The Balaban J connectivity index is 3.21. The highest BCUT2D eigenvalue weighted by atomic mass is 16.5. The van der Waals surface area contributed by atoms with Crippen LogP contribution in [-0.4, -0.2) is 12.7 Å². The molecule has 0 saturated carbocycles. The van der Waals surface area contributed by atoms with E-state index in [1.807, 2.05) is 0 Å². The van der Waals surface area contributed by atoms with Crippen molar-refractivity contribution in [3.05, 3.63) is 12.7 Å². The van der Waals surface area contributed by atoms with Crippen LogP contribution in [0.1, 0.15) is 12.8 Å². The zero-order valence-electron chi connectivity index (χ0n) is 6.30. The van der Waals surface area contributed by atoms with Crippen LogP contribution >= 0.6 is 0 Å². The molecule has 0 bridgehead atoms. The lowest BCUT2D eigenvalue weighted by Crippen LogP contribution is -2.13. The topological polar surface area (TPSA) is 52.3 Å². The normalized spacial score (nSPS) is 7.64. The minimum absolute atomic E-state index is 0.263. The molecule has 0 atom stereocenters. The number of allylic oxidation sites excluding steroid dienone is 1. The van der Waals surface area contributed by atoms with Crippen molar-refractivity contribution in [3.63, 3.8) is 0 Å². The molecule has 11 heavy (non-hydrogen) atoms. The van der Waals surface area contributed by atoms with Crippen LogP contribution in [0.5, 0.6) is 0 Å². The van der Waals surface area contributed by atoms with Crippen molar-refractivity contribution >= 4 is 6.09 Å². The molecule has 0 aliphatic carbocycles. The second kappa shape index (κ2) is 6.69. The van der Waals surface area contributed by atoms with Gasteiger partial charge in [0, 0.05) is 12.8 Å². The minimum atomic E-state index is -0.754. The summed E-state index contributed by atoms with van der Waals surface area (Å²) in [4.78, 5) is 10.0. The number of hydrogen-bond acceptors (Lipinski definition) is 2. The fourth-order valence-electron chi connectivity index (χ4n) is 0.435. The van der Waals surface area contributed by atoms with E-state index in [-0.39, 0.29) is 6.61 Å². The Kier molecular flexibility index (Phi) is 5.82. The molecule has 0 aliphatic rings. The SMILES string of the molecule is C=CCC#CCCOC(N)=O. The lowest BCUT2D eigenvalue weighted by Gasteiger charge is -1.93. The van der Waals surface area contributed by atoms with Gasteiger partial charge in [-0.2, -0.15) is 0 Å². The molecule has 0 saturated heterocycles. The fourth-order valence-corrected chi connectivity index (χ4v) is 0.435. The summed E-state index contributed by atoms with van der Waals surface area (Å²) in [7, 11) is 0. The zero-order valence-corrected chi connectivity index (χ0v) is 6.30. The molecule has 0 fully saturated rings. The Bertz CT molecular complexity index is 188. The molecule has 60 valence electrons. The van der Waals surface area contributed by atoms with Gasteiger partial charge in [-0.25, -0.2) is 4.79 Å². The number of rotatable bonds is 3. The van der Waals surface area contributed by atoms with Crippen LogP contribution < -0.4 is 5.73 Å². The van der Waals surface area contributed by atoms with Crippen LogP contribution in [0, 0.1) is 11.8 Å². The Hall–Kier alpha value is -1.43. The third kappa shape index (κ3) is 8.57. The highest BCUT2D eigenvalue weighted by molar-refractivity contribution is 5.64. The summed E-state index contributed by atoms with van der Waals surface area (Å²) in [5, 5.41) is 0. The van der Waals surface area contributed by atoms with Gasteiger partial charge in [0.25, 0.3) is 0 Å². The number of carbonyl (C=O) groups is 1. The summed E-state index contributed by atoms with van der Waals surface area (Å²) in [6.45, 7) is 3.76. The van der Waals surface area contributed by atoms with E-state index >= 15 is 0 Å². The van der Waals surface area contributed by atoms with Crippen LogP contribution in [0.25, 0.3) is 0 Å². The third-order valence-corrected chi connectivity index (χ3v) is 0.843. The molecule has 0 heterocycles. The van der Waals surface area contributed by atoms with Crippen molar-refractivity contribution in [3.8, 4) is 11.8 Å². The fraction of sp³-hybridized carbons (Fsp3) is 0.375. The standard InChI is InChI=1S/C8H11NO2/c1-2-3-4-5-6-7-11-8(9)10/h2H,1,3,6-7H2,(H2,9,10). The largest absolute Gasteiger partial charge is 0.449 e. The van der Waals surface area contributed by atoms with E-state index in [0.29, 0.717) is 12.8 Å². The predicted octanol–water partition coefficient (Wildman–Crippen LogP) is 1.05. The number of nitrogens with two attached hydrogens (primary N) is 1. The molecule has 2 N–H and O–H groups in total. The smallest absolute Gasteiger partial charge is 0.404 e. The summed E-state index contributed by atoms with van der Waals surface area (Å²) >= 11 is 0. The molecular formula is C8H11NO2. The van der Waals surface area contributed by atoms with E-state index in [9.17, 15) is 4.79 Å². The van der Waals surface area contributed by atoms with Crippen LogP contribution in [0.15, 0.2) is 12.7 Å². The predicted molar refractivity (Wildman–Crippen MR) is 42.7 cm³/mol. The van der Waals surface area contributed by atoms with Crippen LogP contribution in [0.3, 0.4) is 0 Å². The average Bonchev–Trinajstić information content (AvgIpc) is 1.96. The van der Waals surface area contributed by atoms with E-state index in [4.69, 9.17) is 5.73 Å². The zero-order chi connectivity index (χ0) is 8.53. The first kappa shape index (κ1) is 9.57. The molecule has 0 aromatic carbocycles. The maximum Gasteiger partial charge on any atom is 0.404 e. The lowest BCUT2D eigenvalue weighted by molar-refractivity contribution is 0.159. The van der Waals surface area contributed by atoms with Gasteiger partial charge >= 0.3 is 6.09 Å². The van der Waals surface area contributed by atoms with Gasteiger partial charge in [-0.1, -0.05) is 17.9 Å². The van der Waals surface area contributed by atoms with Gasteiger partial charge in [-0.05, 0) is 0 Å². The first-order chi connectivity index (χ1) is 5.27. The summed E-state index contributed by atoms with van der Waals surface area (Å²) in [6, 6.07) is 0. The maximum atomic E-state index is 10.0. The van der Waals surface area contributed by atoms with E-state index in [0.717, 1.165) is 0 Å². The molecule has 0 aromatic rings. The Morgan fingerprint density at radius 3 is 2.91 bits per heavy atom. The van der Waals surface area contributed by atoms with Gasteiger partial charge in [0.1, 0.15) is 6.61 Å². The van der Waals surface area contributed by atoms with Crippen LogP contribution in [0.2, 0.25) is 0 Å². The van der Waals surface area contributed by atoms with Crippen molar-refractivity contribution in [2.24, 2.45) is 5.73 Å². The third-order valence-electron chi connectivity index (χ3n) is 0.843. The molecule has 0 aromatic heterocycles. The van der Waals surface area contributed by atoms with Crippen molar-refractivity contribution in [1.29, 1.82) is 0 Å². The molecule has 0 rings (SSSR count). The molecule has 0 radical (unpaired) electrons. The Morgan fingerprint density at radius 2 is 2.36 bits per heavy atom. The molecule has 3 nitrogen and oxygen atoms in total. The quantitative estimate of drug-likeness (QED) is 0.374. The van der Waals surface area contributed by atoms with E-state index in [1.165, 1.54) is 0 Å². The van der Waals surface area contributed by atoms with Crippen molar-refractivity contribution in [1.82, 2.24) is 0 Å². The van der Waals surface area contributed by atoms with Crippen molar-refractivity contribution in [2.45, 2.75) is 12.8 Å². The summed E-state index contributed by atoms with van der Waals surface area (Å²) in [6.07, 6.45) is 2.14. The number of primary amides is 1. The summed E-state index contributed by atoms with van der Waals surface area (Å²) in [5.74, 6) is 5.60. The van der Waals surface area contributed by atoms with Gasteiger partial charge in [0.05, 0.1) is 0 Å².